The normalized spacial score (nSPS) is 15.2. The summed E-state index contributed by atoms with van der Waals surface area (Å²) in [7, 11) is -3.76. The lowest BCUT2D eigenvalue weighted by Crippen LogP contribution is -2.05. The number of esters is 1. The van der Waals surface area contributed by atoms with Crippen LogP contribution < -0.4 is 0 Å². The zero-order valence-corrected chi connectivity index (χ0v) is 14.6. The third-order valence-corrected chi connectivity index (χ3v) is 5.16. The van der Waals surface area contributed by atoms with Gasteiger partial charge in [0, 0.05) is 11.8 Å². The molecule has 0 aromatic heterocycles. The van der Waals surface area contributed by atoms with Crippen molar-refractivity contribution in [2.24, 2.45) is 0 Å². The molecule has 0 N–H and O–H groups in total. The molecule has 0 fully saturated rings. The minimum atomic E-state index is -4.52. The monoisotopic (exact) mass is 400 g/mol. The first-order valence-electron chi connectivity index (χ1n) is 7.56. The maximum absolute atomic E-state index is 14.2. The van der Waals surface area contributed by atoms with Gasteiger partial charge in [0.25, 0.3) is 0 Å². The van der Waals surface area contributed by atoms with Crippen molar-refractivity contribution in [2.45, 2.75) is 11.1 Å². The molecule has 1 heterocycles. The van der Waals surface area contributed by atoms with E-state index in [1.165, 1.54) is 6.07 Å². The van der Waals surface area contributed by atoms with Crippen LogP contribution in [0, 0.1) is 5.82 Å². The molecule has 0 atom stereocenters. The smallest absolute Gasteiger partial charge is 0.416 e. The third kappa shape index (κ3) is 3.73. The lowest BCUT2D eigenvalue weighted by atomic mass is 9.96. The summed E-state index contributed by atoms with van der Waals surface area (Å²) in [6.07, 6.45) is -3.66. The highest BCUT2D eigenvalue weighted by Crippen LogP contribution is 2.36. The van der Waals surface area contributed by atoms with Gasteiger partial charge in [0.15, 0.2) is 9.84 Å². The van der Waals surface area contributed by atoms with Crippen molar-refractivity contribution in [3.05, 3.63) is 65.0 Å². The molecule has 0 radical (unpaired) electrons. The molecule has 2 aromatic carbocycles. The number of benzene rings is 2. The van der Waals surface area contributed by atoms with Crippen molar-refractivity contribution in [1.82, 2.24) is 0 Å². The average molecular weight is 400 g/mol. The molecule has 1 aliphatic rings. The van der Waals surface area contributed by atoms with Crippen LogP contribution in [0.3, 0.4) is 0 Å². The fraction of sp³-hybridized carbons (Fsp3) is 0.167. The summed E-state index contributed by atoms with van der Waals surface area (Å²) in [4.78, 5) is 11.6. The van der Waals surface area contributed by atoms with Gasteiger partial charge >= 0.3 is 12.1 Å². The number of ether oxygens (including phenoxy) is 1. The highest BCUT2D eigenvalue weighted by atomic mass is 32.2. The Bertz CT molecular complexity index is 1050. The summed E-state index contributed by atoms with van der Waals surface area (Å²) in [5.41, 5.74) is -0.203. The van der Waals surface area contributed by atoms with E-state index in [0.29, 0.717) is 0 Å². The Hall–Kier alpha value is -2.68. The Morgan fingerprint density at radius 3 is 2.11 bits per heavy atom. The fourth-order valence-electron chi connectivity index (χ4n) is 2.74. The number of hydrogen-bond donors (Lipinski definition) is 0. The topological polar surface area (TPSA) is 60.4 Å². The molecule has 0 unspecified atom stereocenters. The van der Waals surface area contributed by atoms with E-state index in [0.717, 1.165) is 42.7 Å². The van der Waals surface area contributed by atoms with Crippen molar-refractivity contribution >= 4 is 27.0 Å². The molecule has 3 rings (SSSR count). The standard InChI is InChI=1S/C18H12F4O4S/c1-27(24,25)15-7-4-11(8-14(15)19)13-9-26-17(23)16(13)10-2-5-12(6-3-10)18(20,21)22/h2-8H,9H2,1H3. The molecule has 0 saturated heterocycles. The zero-order valence-electron chi connectivity index (χ0n) is 13.8. The molecule has 0 aliphatic carbocycles. The minimum absolute atomic E-state index is 0.00947. The maximum atomic E-state index is 14.2. The average Bonchev–Trinajstić information content (AvgIpc) is 2.94. The Balaban J connectivity index is 2.09. The predicted molar refractivity (Wildman–Crippen MR) is 88.7 cm³/mol. The number of sulfone groups is 1. The van der Waals surface area contributed by atoms with Gasteiger partial charge in [-0.2, -0.15) is 13.2 Å². The van der Waals surface area contributed by atoms with E-state index in [4.69, 9.17) is 4.74 Å². The van der Waals surface area contributed by atoms with Gasteiger partial charge in [-0.05, 0) is 35.4 Å². The van der Waals surface area contributed by atoms with Crippen molar-refractivity contribution in [3.8, 4) is 0 Å². The first-order valence-corrected chi connectivity index (χ1v) is 9.45. The highest BCUT2D eigenvalue weighted by Gasteiger charge is 2.32. The van der Waals surface area contributed by atoms with Crippen LogP contribution >= 0.6 is 0 Å². The zero-order chi connectivity index (χ0) is 20.0. The summed E-state index contributed by atoms with van der Waals surface area (Å²) in [5.74, 6) is -1.74. The summed E-state index contributed by atoms with van der Waals surface area (Å²) in [6, 6.07) is 7.27. The quantitative estimate of drug-likeness (QED) is 0.582. The van der Waals surface area contributed by atoms with E-state index in [-0.39, 0.29) is 28.9 Å². The van der Waals surface area contributed by atoms with E-state index in [9.17, 15) is 30.8 Å². The molecule has 0 spiro atoms. The Kier molecular flexibility index (Phi) is 4.59. The lowest BCUT2D eigenvalue weighted by molar-refractivity contribution is -0.137. The van der Waals surface area contributed by atoms with Crippen molar-refractivity contribution in [1.29, 1.82) is 0 Å². The van der Waals surface area contributed by atoms with E-state index < -0.39 is 38.3 Å². The van der Waals surface area contributed by atoms with Gasteiger partial charge < -0.3 is 4.74 Å². The van der Waals surface area contributed by atoms with Gasteiger partial charge in [-0.3, -0.25) is 0 Å². The number of halogens is 4. The minimum Gasteiger partial charge on any atom is -0.457 e. The maximum Gasteiger partial charge on any atom is 0.416 e. The number of rotatable bonds is 3. The number of hydrogen-bond acceptors (Lipinski definition) is 4. The summed E-state index contributed by atoms with van der Waals surface area (Å²) in [5, 5.41) is 0. The molecule has 0 amide bonds. The van der Waals surface area contributed by atoms with Gasteiger partial charge in [0.05, 0.1) is 11.1 Å². The summed E-state index contributed by atoms with van der Waals surface area (Å²) in [6.45, 7) is -0.202. The first-order chi connectivity index (χ1) is 12.5. The number of carbonyl (C=O) groups is 1. The Morgan fingerprint density at radius 2 is 1.59 bits per heavy atom. The Morgan fingerprint density at radius 1 is 1.00 bits per heavy atom. The van der Waals surface area contributed by atoms with Gasteiger partial charge in [-0.15, -0.1) is 0 Å². The number of cyclic esters (lactones) is 1. The van der Waals surface area contributed by atoms with E-state index >= 15 is 0 Å². The van der Waals surface area contributed by atoms with Gasteiger partial charge in [-0.25, -0.2) is 17.6 Å². The molecule has 0 bridgehead atoms. The van der Waals surface area contributed by atoms with E-state index in [1.54, 1.807) is 0 Å². The van der Waals surface area contributed by atoms with Crippen LogP contribution in [0.2, 0.25) is 0 Å². The van der Waals surface area contributed by atoms with Crippen LogP contribution in [0.25, 0.3) is 11.1 Å². The van der Waals surface area contributed by atoms with Gasteiger partial charge in [0.1, 0.15) is 17.3 Å². The molecule has 0 saturated carbocycles. The van der Waals surface area contributed by atoms with E-state index in [1.807, 2.05) is 0 Å². The van der Waals surface area contributed by atoms with Crippen LogP contribution in [0.5, 0.6) is 0 Å². The van der Waals surface area contributed by atoms with Crippen LogP contribution in [0.1, 0.15) is 16.7 Å². The Labute approximate surface area is 152 Å². The molecule has 1 aliphatic heterocycles. The van der Waals surface area contributed by atoms with Crippen molar-refractivity contribution in [3.63, 3.8) is 0 Å². The SMILES string of the molecule is CS(=O)(=O)c1ccc(C2=C(c3ccc(C(F)(F)F)cc3)C(=O)OC2)cc1F. The molecule has 2 aromatic rings. The molecule has 9 heteroatoms. The van der Waals surface area contributed by atoms with Gasteiger partial charge in [0.2, 0.25) is 0 Å². The second-order valence-electron chi connectivity index (χ2n) is 5.92. The van der Waals surface area contributed by atoms with Gasteiger partial charge in [-0.1, -0.05) is 18.2 Å². The van der Waals surface area contributed by atoms with Crippen molar-refractivity contribution < 1.29 is 35.5 Å². The molecular weight excluding hydrogens is 388 g/mol. The lowest BCUT2D eigenvalue weighted by Gasteiger charge is -2.09. The largest absolute Gasteiger partial charge is 0.457 e. The van der Waals surface area contributed by atoms with E-state index in [2.05, 4.69) is 0 Å². The van der Waals surface area contributed by atoms with Crippen molar-refractivity contribution in [2.75, 3.05) is 12.9 Å². The summed E-state index contributed by atoms with van der Waals surface area (Å²) >= 11 is 0. The molecule has 27 heavy (non-hydrogen) atoms. The van der Waals surface area contributed by atoms with Crippen LogP contribution in [-0.2, 0) is 25.5 Å². The van der Waals surface area contributed by atoms with Crippen LogP contribution in [-0.4, -0.2) is 27.2 Å². The van der Waals surface area contributed by atoms with Crippen LogP contribution in [0.15, 0.2) is 47.4 Å². The molecule has 4 nitrogen and oxygen atoms in total. The number of alkyl halides is 3. The molecular formula is C18H12F4O4S. The summed E-state index contributed by atoms with van der Waals surface area (Å²) < 4.78 is 80.2. The number of carbonyl (C=O) groups excluding carboxylic acids is 1. The van der Waals surface area contributed by atoms with Crippen LogP contribution in [0.4, 0.5) is 17.6 Å². The second kappa shape index (κ2) is 6.49. The third-order valence-electron chi connectivity index (χ3n) is 4.03. The second-order valence-corrected chi connectivity index (χ2v) is 7.91. The molecule has 142 valence electrons. The first kappa shape index (κ1) is 19.1. The predicted octanol–water partition coefficient (Wildman–Crippen LogP) is 3.72. The fourth-order valence-corrected chi connectivity index (χ4v) is 3.47. The highest BCUT2D eigenvalue weighted by molar-refractivity contribution is 7.90.